The van der Waals surface area contributed by atoms with Crippen molar-refractivity contribution < 1.29 is 4.79 Å². The maximum atomic E-state index is 11.6. The minimum absolute atomic E-state index is 0.148. The second kappa shape index (κ2) is 6.39. The van der Waals surface area contributed by atoms with Crippen molar-refractivity contribution in [3.63, 3.8) is 0 Å². The van der Waals surface area contributed by atoms with Crippen molar-refractivity contribution in [3.8, 4) is 0 Å². The number of hydrogen-bond acceptors (Lipinski definition) is 3. The molecule has 3 N–H and O–H groups in total. The van der Waals surface area contributed by atoms with Crippen molar-refractivity contribution in [2.45, 2.75) is 19.4 Å². The van der Waals surface area contributed by atoms with Crippen LogP contribution in [0.2, 0.25) is 0 Å². The molecule has 5 heteroatoms. The summed E-state index contributed by atoms with van der Waals surface area (Å²) in [5, 5.41) is 2.74. The van der Waals surface area contributed by atoms with Gasteiger partial charge in [0, 0.05) is 48.3 Å². The van der Waals surface area contributed by atoms with Crippen LogP contribution in [0.3, 0.4) is 0 Å². The van der Waals surface area contributed by atoms with Crippen LogP contribution in [0.5, 0.6) is 0 Å². The Balaban J connectivity index is 2.10. The van der Waals surface area contributed by atoms with E-state index in [0.29, 0.717) is 6.54 Å². The van der Waals surface area contributed by atoms with Gasteiger partial charge in [0.15, 0.2) is 0 Å². The smallest absolute Gasteiger partial charge is 0.222 e. The number of nitrogens with two attached hydrogens (primary N) is 1. The average Bonchev–Trinajstić information content (AvgIpc) is 2.46. The van der Waals surface area contributed by atoms with E-state index >= 15 is 0 Å². The lowest BCUT2D eigenvalue weighted by Crippen LogP contribution is -2.40. The third-order valence-electron chi connectivity index (χ3n) is 3.75. The van der Waals surface area contributed by atoms with Crippen molar-refractivity contribution in [3.05, 3.63) is 28.2 Å². The highest BCUT2D eigenvalue weighted by Crippen LogP contribution is 2.30. The van der Waals surface area contributed by atoms with Crippen LogP contribution < -0.4 is 16.0 Å². The lowest BCUT2D eigenvalue weighted by molar-refractivity contribution is -0.125. The van der Waals surface area contributed by atoms with Crippen LogP contribution in [-0.2, 0) is 11.3 Å². The van der Waals surface area contributed by atoms with Crippen LogP contribution >= 0.6 is 15.9 Å². The Hall–Kier alpha value is -1.07. The number of piperidine rings is 1. The molecule has 0 saturated carbocycles. The Bertz CT molecular complexity index is 456. The van der Waals surface area contributed by atoms with Crippen molar-refractivity contribution in [2.75, 3.05) is 25.0 Å². The molecule has 4 nitrogen and oxygen atoms in total. The van der Waals surface area contributed by atoms with E-state index in [4.69, 9.17) is 5.73 Å². The Morgan fingerprint density at radius 2 is 2.16 bits per heavy atom. The summed E-state index contributed by atoms with van der Waals surface area (Å²) in [6.45, 7) is 2.33. The summed E-state index contributed by atoms with van der Waals surface area (Å²) in [7, 11) is 1.70. The zero-order valence-electron chi connectivity index (χ0n) is 11.2. The minimum atomic E-state index is 0.148. The van der Waals surface area contributed by atoms with Gasteiger partial charge in [-0.15, -0.1) is 0 Å². The van der Waals surface area contributed by atoms with E-state index in [-0.39, 0.29) is 11.8 Å². The number of nitrogens with zero attached hydrogens (tertiary/aromatic N) is 1. The van der Waals surface area contributed by atoms with Crippen LogP contribution in [0.1, 0.15) is 18.4 Å². The number of anilines is 1. The number of rotatable bonds is 3. The van der Waals surface area contributed by atoms with Gasteiger partial charge in [0.1, 0.15) is 0 Å². The van der Waals surface area contributed by atoms with Crippen molar-refractivity contribution in [1.82, 2.24) is 5.32 Å². The molecule has 1 saturated heterocycles. The van der Waals surface area contributed by atoms with Crippen LogP contribution in [0.15, 0.2) is 22.7 Å². The molecule has 1 aromatic carbocycles. The predicted octanol–water partition coefficient (Wildman–Crippen LogP) is 1.87. The van der Waals surface area contributed by atoms with Crippen molar-refractivity contribution >= 4 is 27.5 Å². The van der Waals surface area contributed by atoms with E-state index in [9.17, 15) is 4.79 Å². The lowest BCUT2D eigenvalue weighted by Gasteiger charge is -2.34. The number of carbonyl (C=O) groups is 1. The quantitative estimate of drug-likeness (QED) is 0.892. The van der Waals surface area contributed by atoms with Gasteiger partial charge in [0.2, 0.25) is 5.91 Å². The molecule has 0 bridgehead atoms. The molecule has 1 aliphatic rings. The molecule has 0 atom stereocenters. The van der Waals surface area contributed by atoms with Crippen LogP contribution in [-0.4, -0.2) is 26.0 Å². The first-order chi connectivity index (χ1) is 9.17. The number of hydrogen-bond donors (Lipinski definition) is 2. The molecular formula is C14H20BrN3O. The van der Waals surface area contributed by atoms with E-state index in [1.165, 1.54) is 5.69 Å². The van der Waals surface area contributed by atoms with E-state index in [1.54, 1.807) is 7.05 Å². The van der Waals surface area contributed by atoms with Gasteiger partial charge in [-0.1, -0.05) is 22.0 Å². The fourth-order valence-electron chi connectivity index (χ4n) is 2.63. The molecule has 1 heterocycles. The second-order valence-corrected chi connectivity index (χ2v) is 5.67. The fourth-order valence-corrected chi connectivity index (χ4v) is 3.15. The van der Waals surface area contributed by atoms with Gasteiger partial charge in [-0.05, 0) is 25.0 Å². The number of halogens is 1. The molecular weight excluding hydrogens is 306 g/mol. The minimum Gasteiger partial charge on any atom is -0.371 e. The summed E-state index contributed by atoms with van der Waals surface area (Å²) < 4.78 is 1.06. The highest BCUT2D eigenvalue weighted by Gasteiger charge is 2.25. The molecule has 0 aliphatic carbocycles. The molecule has 1 fully saturated rings. The maximum Gasteiger partial charge on any atom is 0.222 e. The molecule has 19 heavy (non-hydrogen) atoms. The lowest BCUT2D eigenvalue weighted by atomic mass is 9.95. The van der Waals surface area contributed by atoms with E-state index in [1.807, 2.05) is 12.1 Å². The van der Waals surface area contributed by atoms with Gasteiger partial charge < -0.3 is 16.0 Å². The zero-order chi connectivity index (χ0) is 13.8. The molecule has 1 aliphatic heterocycles. The van der Waals surface area contributed by atoms with Crippen LogP contribution in [0, 0.1) is 5.92 Å². The topological polar surface area (TPSA) is 58.4 Å². The first-order valence-corrected chi connectivity index (χ1v) is 7.40. The summed E-state index contributed by atoms with van der Waals surface area (Å²) in [6, 6.07) is 6.15. The Morgan fingerprint density at radius 1 is 1.47 bits per heavy atom. The monoisotopic (exact) mass is 325 g/mol. The zero-order valence-corrected chi connectivity index (χ0v) is 12.7. The third-order valence-corrected chi connectivity index (χ3v) is 4.49. The molecule has 104 valence electrons. The molecule has 0 radical (unpaired) electrons. The molecule has 2 rings (SSSR count). The summed E-state index contributed by atoms with van der Waals surface area (Å²) in [5.74, 6) is 0.308. The summed E-state index contributed by atoms with van der Waals surface area (Å²) >= 11 is 3.55. The fraction of sp³-hybridized carbons (Fsp3) is 0.500. The van der Waals surface area contributed by atoms with E-state index in [2.05, 4.69) is 32.2 Å². The van der Waals surface area contributed by atoms with Crippen LogP contribution in [0.25, 0.3) is 0 Å². The largest absolute Gasteiger partial charge is 0.371 e. The summed E-state index contributed by atoms with van der Waals surface area (Å²) in [6.07, 6.45) is 1.80. The average molecular weight is 326 g/mol. The van der Waals surface area contributed by atoms with Gasteiger partial charge in [0.25, 0.3) is 0 Å². The van der Waals surface area contributed by atoms with Gasteiger partial charge in [-0.25, -0.2) is 0 Å². The molecule has 0 spiro atoms. The summed E-state index contributed by atoms with van der Waals surface area (Å²) in [5.41, 5.74) is 8.16. The highest BCUT2D eigenvalue weighted by molar-refractivity contribution is 9.10. The number of benzene rings is 1. The number of carbonyl (C=O) groups excluding carboxylic acids is 1. The van der Waals surface area contributed by atoms with Gasteiger partial charge in [0.05, 0.1) is 0 Å². The Labute approximate surface area is 122 Å². The normalized spacial score (nSPS) is 16.5. The van der Waals surface area contributed by atoms with Crippen LogP contribution in [0.4, 0.5) is 5.69 Å². The van der Waals surface area contributed by atoms with E-state index in [0.717, 1.165) is 36.0 Å². The predicted molar refractivity (Wildman–Crippen MR) is 81.0 cm³/mol. The van der Waals surface area contributed by atoms with Gasteiger partial charge in [-0.2, -0.15) is 0 Å². The van der Waals surface area contributed by atoms with Crippen molar-refractivity contribution in [1.29, 1.82) is 0 Å². The third kappa shape index (κ3) is 3.09. The van der Waals surface area contributed by atoms with Crippen molar-refractivity contribution in [2.24, 2.45) is 11.7 Å². The molecule has 0 aromatic heterocycles. The first-order valence-electron chi connectivity index (χ1n) is 6.61. The molecule has 1 amide bonds. The molecule has 1 aromatic rings. The number of amides is 1. The van der Waals surface area contributed by atoms with Gasteiger partial charge >= 0.3 is 0 Å². The standard InChI is InChI=1S/C14H20BrN3O/c1-17-14(19)10-5-7-18(8-6-10)13-4-2-3-12(15)11(13)9-16/h2-4,10H,5-9,16H2,1H3,(H,17,19). The number of nitrogens with one attached hydrogen (secondary N) is 1. The Kier molecular flexibility index (Phi) is 4.82. The molecule has 0 unspecified atom stereocenters. The maximum absolute atomic E-state index is 11.6. The van der Waals surface area contributed by atoms with E-state index < -0.39 is 0 Å². The van der Waals surface area contributed by atoms with Gasteiger partial charge in [-0.3, -0.25) is 4.79 Å². The SMILES string of the molecule is CNC(=O)C1CCN(c2cccc(Br)c2CN)CC1. The first kappa shape index (κ1) is 14.3. The second-order valence-electron chi connectivity index (χ2n) is 4.82. The summed E-state index contributed by atoms with van der Waals surface area (Å²) in [4.78, 5) is 14.0. The Morgan fingerprint density at radius 3 is 2.74 bits per heavy atom. The highest BCUT2D eigenvalue weighted by atomic mass is 79.9.